The number of hydrogen-bond acceptors (Lipinski definition) is 4. The van der Waals surface area contributed by atoms with Crippen LogP contribution in [0.5, 0.6) is 0 Å². The highest BCUT2D eigenvalue weighted by Crippen LogP contribution is 2.30. The molecule has 1 aromatic heterocycles. The van der Waals surface area contributed by atoms with Crippen molar-refractivity contribution >= 4 is 32.8 Å². The zero-order valence-corrected chi connectivity index (χ0v) is 19.3. The number of aryl methyl sites for hydroxylation is 2. The topological polar surface area (TPSA) is 59.4 Å². The molecule has 1 aromatic carbocycles. The first-order valence-electron chi connectivity index (χ1n) is 9.15. The molecule has 0 spiro atoms. The minimum atomic E-state index is -0.500. The monoisotopic (exact) mass is 437 g/mol. The van der Waals surface area contributed by atoms with Gasteiger partial charge in [0.2, 0.25) is 0 Å². The van der Waals surface area contributed by atoms with Crippen molar-refractivity contribution in [2.75, 3.05) is 6.61 Å². The second kappa shape index (κ2) is 9.16. The standard InChI is InChI=1S/C18H22BrNO2.C4H10O/c1-11-10-15-14(7-6-12(2)20-15)16(19)13(11)8-9-22-17(21)18(3,4)5;1-4(2,3)5/h6-7,10H,8-9H2,1-5H3;5H,1-3H3. The minimum Gasteiger partial charge on any atom is -0.465 e. The minimum absolute atomic E-state index is 0.167. The maximum atomic E-state index is 11.8. The van der Waals surface area contributed by atoms with E-state index in [0.29, 0.717) is 13.0 Å². The van der Waals surface area contributed by atoms with E-state index in [2.05, 4.69) is 40.0 Å². The number of carbonyl (C=O) groups is 1. The summed E-state index contributed by atoms with van der Waals surface area (Å²) in [5.74, 6) is -0.167. The summed E-state index contributed by atoms with van der Waals surface area (Å²) in [4.78, 5) is 16.4. The molecule has 0 aliphatic heterocycles. The maximum Gasteiger partial charge on any atom is 0.311 e. The predicted octanol–water partition coefficient (Wildman–Crippen LogP) is 5.52. The van der Waals surface area contributed by atoms with Crippen molar-refractivity contribution in [2.24, 2.45) is 5.41 Å². The van der Waals surface area contributed by atoms with Gasteiger partial charge in [0.25, 0.3) is 0 Å². The number of rotatable bonds is 3. The Kier molecular flexibility index (Phi) is 8.00. The van der Waals surface area contributed by atoms with Crippen molar-refractivity contribution in [3.8, 4) is 0 Å². The first-order valence-corrected chi connectivity index (χ1v) is 9.94. The lowest BCUT2D eigenvalue weighted by Crippen LogP contribution is -2.23. The molecule has 2 aromatic rings. The molecule has 1 N–H and O–H groups in total. The summed E-state index contributed by atoms with van der Waals surface area (Å²) in [6, 6.07) is 6.17. The van der Waals surface area contributed by atoms with Crippen LogP contribution < -0.4 is 0 Å². The number of benzene rings is 1. The highest BCUT2D eigenvalue weighted by atomic mass is 79.9. The number of aromatic nitrogens is 1. The molecule has 150 valence electrons. The summed E-state index contributed by atoms with van der Waals surface area (Å²) in [7, 11) is 0. The summed E-state index contributed by atoms with van der Waals surface area (Å²) in [5, 5.41) is 9.61. The Bertz CT molecular complexity index is 796. The van der Waals surface area contributed by atoms with Crippen molar-refractivity contribution in [1.82, 2.24) is 4.98 Å². The third-order valence-corrected chi connectivity index (χ3v) is 4.50. The Morgan fingerprint density at radius 1 is 1.15 bits per heavy atom. The van der Waals surface area contributed by atoms with Crippen molar-refractivity contribution < 1.29 is 14.6 Å². The van der Waals surface area contributed by atoms with E-state index < -0.39 is 11.0 Å². The van der Waals surface area contributed by atoms with Gasteiger partial charge in [0.1, 0.15) is 0 Å². The largest absolute Gasteiger partial charge is 0.465 e. The molecule has 0 amide bonds. The Labute approximate surface area is 171 Å². The third-order valence-electron chi connectivity index (χ3n) is 3.59. The van der Waals surface area contributed by atoms with E-state index in [1.54, 1.807) is 20.8 Å². The van der Waals surface area contributed by atoms with E-state index in [1.165, 1.54) is 5.56 Å². The van der Waals surface area contributed by atoms with Gasteiger partial charge in [0.15, 0.2) is 0 Å². The fourth-order valence-electron chi connectivity index (χ4n) is 2.27. The molecule has 1 heterocycles. The van der Waals surface area contributed by atoms with Crippen LogP contribution in [0.25, 0.3) is 10.9 Å². The van der Waals surface area contributed by atoms with Gasteiger partial charge in [-0.3, -0.25) is 9.78 Å². The number of fused-ring (bicyclic) bond motifs is 1. The molecule has 5 heteroatoms. The van der Waals surface area contributed by atoms with Crippen LogP contribution in [0, 0.1) is 19.3 Å². The van der Waals surface area contributed by atoms with Crippen LogP contribution in [-0.2, 0) is 16.0 Å². The number of nitrogens with zero attached hydrogens (tertiary/aromatic N) is 1. The number of pyridine rings is 1. The fourth-order valence-corrected chi connectivity index (χ4v) is 3.12. The van der Waals surface area contributed by atoms with Gasteiger partial charge in [-0.2, -0.15) is 0 Å². The van der Waals surface area contributed by atoms with Crippen molar-refractivity contribution in [1.29, 1.82) is 0 Å². The van der Waals surface area contributed by atoms with Gasteiger partial charge in [0, 0.05) is 22.0 Å². The SMILES string of the molecule is CC(C)(C)O.Cc1ccc2c(Br)c(CCOC(=O)C(C)(C)C)c(C)cc2n1. The normalized spacial score (nSPS) is 11.8. The molecule has 0 saturated heterocycles. The molecule has 2 rings (SSSR count). The van der Waals surface area contributed by atoms with Crippen LogP contribution in [0.3, 0.4) is 0 Å². The number of aliphatic hydroxyl groups is 1. The molecule has 27 heavy (non-hydrogen) atoms. The van der Waals surface area contributed by atoms with Gasteiger partial charge in [-0.25, -0.2) is 0 Å². The zero-order chi connectivity index (χ0) is 21.0. The smallest absolute Gasteiger partial charge is 0.311 e. The molecule has 0 bridgehead atoms. The second-order valence-corrected chi connectivity index (χ2v) is 9.61. The molecule has 0 aliphatic carbocycles. The van der Waals surface area contributed by atoms with Crippen LogP contribution in [0.2, 0.25) is 0 Å². The molecule has 4 nitrogen and oxygen atoms in total. The number of ether oxygens (including phenoxy) is 1. The number of halogens is 1. The summed E-state index contributed by atoms with van der Waals surface area (Å²) in [5.41, 5.74) is 3.35. The summed E-state index contributed by atoms with van der Waals surface area (Å²) < 4.78 is 6.42. The van der Waals surface area contributed by atoms with Crippen molar-refractivity contribution in [3.05, 3.63) is 39.5 Å². The van der Waals surface area contributed by atoms with Crippen molar-refractivity contribution in [3.63, 3.8) is 0 Å². The number of hydrogen-bond donors (Lipinski definition) is 1. The van der Waals surface area contributed by atoms with Crippen LogP contribution in [0.15, 0.2) is 22.7 Å². The van der Waals surface area contributed by atoms with Crippen LogP contribution in [-0.4, -0.2) is 28.3 Å². The molecular weight excluding hydrogens is 406 g/mol. The van der Waals surface area contributed by atoms with Gasteiger partial charge in [-0.15, -0.1) is 0 Å². The van der Waals surface area contributed by atoms with Gasteiger partial charge in [-0.05, 0) is 101 Å². The van der Waals surface area contributed by atoms with E-state index in [9.17, 15) is 4.79 Å². The third kappa shape index (κ3) is 7.97. The quantitative estimate of drug-likeness (QED) is 0.641. The Balaban J connectivity index is 0.000000646. The highest BCUT2D eigenvalue weighted by Gasteiger charge is 2.23. The van der Waals surface area contributed by atoms with Gasteiger partial charge in [0.05, 0.1) is 23.1 Å². The molecule has 0 atom stereocenters. The molecule has 0 radical (unpaired) electrons. The van der Waals surface area contributed by atoms with Crippen molar-refractivity contribution in [2.45, 2.75) is 67.4 Å². The summed E-state index contributed by atoms with van der Waals surface area (Å²) >= 11 is 3.68. The molecular formula is C22H32BrNO3. The maximum absolute atomic E-state index is 11.8. The lowest BCUT2D eigenvalue weighted by Gasteiger charge is -2.17. The average Bonchev–Trinajstić information content (AvgIpc) is 2.47. The van der Waals surface area contributed by atoms with E-state index in [4.69, 9.17) is 9.84 Å². The first-order chi connectivity index (χ1) is 12.2. The lowest BCUT2D eigenvalue weighted by molar-refractivity contribution is -0.152. The van der Waals surface area contributed by atoms with E-state index in [0.717, 1.165) is 26.6 Å². The van der Waals surface area contributed by atoms with Crippen LogP contribution in [0.1, 0.15) is 58.4 Å². The molecule has 0 saturated carbocycles. The Morgan fingerprint density at radius 3 is 2.22 bits per heavy atom. The van der Waals surface area contributed by atoms with Gasteiger partial charge >= 0.3 is 5.97 Å². The molecule has 0 aliphatic rings. The lowest BCUT2D eigenvalue weighted by atomic mass is 9.97. The van der Waals surface area contributed by atoms with E-state index in [-0.39, 0.29) is 5.97 Å². The Morgan fingerprint density at radius 2 is 1.70 bits per heavy atom. The van der Waals surface area contributed by atoms with Crippen LogP contribution >= 0.6 is 15.9 Å². The molecule has 0 unspecified atom stereocenters. The fraction of sp³-hybridized carbons (Fsp3) is 0.545. The first kappa shape index (κ1) is 23.6. The van der Waals surface area contributed by atoms with E-state index >= 15 is 0 Å². The second-order valence-electron chi connectivity index (χ2n) is 8.81. The highest BCUT2D eigenvalue weighted by molar-refractivity contribution is 9.10. The Hall–Kier alpha value is -1.46. The number of carbonyl (C=O) groups excluding carboxylic acids is 1. The van der Waals surface area contributed by atoms with Crippen LogP contribution in [0.4, 0.5) is 0 Å². The molecule has 0 fully saturated rings. The summed E-state index contributed by atoms with van der Waals surface area (Å²) in [6.45, 7) is 15.3. The van der Waals surface area contributed by atoms with Gasteiger partial charge < -0.3 is 9.84 Å². The summed E-state index contributed by atoms with van der Waals surface area (Å²) in [6.07, 6.45) is 0.693. The average molecular weight is 438 g/mol. The predicted molar refractivity (Wildman–Crippen MR) is 115 cm³/mol. The van der Waals surface area contributed by atoms with E-state index in [1.807, 2.05) is 33.8 Å². The zero-order valence-electron chi connectivity index (χ0n) is 17.7. The number of esters is 1. The van der Waals surface area contributed by atoms with Gasteiger partial charge in [-0.1, -0.05) is 0 Å².